The van der Waals surface area contributed by atoms with Gasteiger partial charge in [-0.2, -0.15) is 0 Å². The number of carbonyl (C=O) groups excluding carboxylic acids is 1. The maximum Gasteiger partial charge on any atom is 0.249 e. The molecule has 86 valence electrons. The van der Waals surface area contributed by atoms with E-state index in [0.717, 1.165) is 38.7 Å². The summed E-state index contributed by atoms with van der Waals surface area (Å²) in [5.41, 5.74) is 0. The zero-order chi connectivity index (χ0) is 10.5. The van der Waals surface area contributed by atoms with Gasteiger partial charge in [-0.25, -0.2) is 0 Å². The van der Waals surface area contributed by atoms with Crippen molar-refractivity contribution in [2.45, 2.75) is 63.5 Å². The van der Waals surface area contributed by atoms with Crippen molar-refractivity contribution < 1.29 is 9.53 Å². The molecule has 1 saturated heterocycles. The van der Waals surface area contributed by atoms with E-state index in [-0.39, 0.29) is 12.0 Å². The van der Waals surface area contributed by atoms with Gasteiger partial charge in [0.2, 0.25) is 5.91 Å². The Balaban J connectivity index is 1.74. The van der Waals surface area contributed by atoms with Crippen LogP contribution in [0.25, 0.3) is 0 Å². The van der Waals surface area contributed by atoms with Gasteiger partial charge in [0.05, 0.1) is 0 Å². The van der Waals surface area contributed by atoms with Crippen molar-refractivity contribution in [3.63, 3.8) is 0 Å². The van der Waals surface area contributed by atoms with Crippen molar-refractivity contribution in [3.8, 4) is 0 Å². The zero-order valence-corrected chi connectivity index (χ0v) is 9.34. The van der Waals surface area contributed by atoms with E-state index in [2.05, 4.69) is 5.32 Å². The molecule has 0 aromatic carbocycles. The second kappa shape index (κ2) is 5.50. The first-order chi connectivity index (χ1) is 7.36. The first kappa shape index (κ1) is 10.9. The number of hydrogen-bond acceptors (Lipinski definition) is 2. The maximum absolute atomic E-state index is 11.8. The molecule has 0 radical (unpaired) electrons. The molecular formula is C12H21NO2. The highest BCUT2D eigenvalue weighted by Gasteiger charge is 2.24. The van der Waals surface area contributed by atoms with Gasteiger partial charge in [0.1, 0.15) is 6.10 Å². The summed E-state index contributed by atoms with van der Waals surface area (Å²) in [6, 6.07) is 0.414. The maximum atomic E-state index is 11.8. The van der Waals surface area contributed by atoms with Crippen molar-refractivity contribution in [1.29, 1.82) is 0 Å². The lowest BCUT2D eigenvalue weighted by Crippen LogP contribution is -2.44. The Morgan fingerprint density at radius 1 is 1.00 bits per heavy atom. The molecule has 0 spiro atoms. The van der Waals surface area contributed by atoms with E-state index in [9.17, 15) is 4.79 Å². The summed E-state index contributed by atoms with van der Waals surface area (Å²) in [4.78, 5) is 11.8. The smallest absolute Gasteiger partial charge is 0.249 e. The van der Waals surface area contributed by atoms with Gasteiger partial charge in [0, 0.05) is 12.6 Å². The van der Waals surface area contributed by atoms with Gasteiger partial charge in [-0.1, -0.05) is 19.3 Å². The molecule has 1 unspecified atom stereocenters. The molecule has 1 amide bonds. The molecule has 3 nitrogen and oxygen atoms in total. The van der Waals surface area contributed by atoms with Crippen LogP contribution in [-0.4, -0.2) is 24.7 Å². The molecule has 3 heteroatoms. The first-order valence-corrected chi connectivity index (χ1v) is 6.28. The lowest BCUT2D eigenvalue weighted by atomic mass is 9.95. The van der Waals surface area contributed by atoms with Crippen molar-refractivity contribution in [2.24, 2.45) is 0 Å². The zero-order valence-electron chi connectivity index (χ0n) is 9.34. The summed E-state index contributed by atoms with van der Waals surface area (Å²) in [6.45, 7) is 0.753. The third kappa shape index (κ3) is 3.20. The van der Waals surface area contributed by atoms with Crippen molar-refractivity contribution in [3.05, 3.63) is 0 Å². The van der Waals surface area contributed by atoms with Crippen LogP contribution in [0.5, 0.6) is 0 Å². The summed E-state index contributed by atoms with van der Waals surface area (Å²) in [7, 11) is 0. The number of rotatable bonds is 2. The number of carbonyl (C=O) groups is 1. The molecule has 0 aromatic heterocycles. The minimum atomic E-state index is -0.166. The van der Waals surface area contributed by atoms with Gasteiger partial charge in [0.25, 0.3) is 0 Å². The predicted octanol–water partition coefficient (Wildman–Crippen LogP) is 2.00. The molecule has 1 saturated carbocycles. The predicted molar refractivity (Wildman–Crippen MR) is 58.6 cm³/mol. The molecule has 1 atom stereocenters. The fourth-order valence-electron chi connectivity index (χ4n) is 2.49. The highest BCUT2D eigenvalue weighted by molar-refractivity contribution is 5.81. The van der Waals surface area contributed by atoms with E-state index in [1.165, 1.54) is 19.3 Å². The molecule has 1 N–H and O–H groups in total. The van der Waals surface area contributed by atoms with Crippen LogP contribution in [0.2, 0.25) is 0 Å². The van der Waals surface area contributed by atoms with Crippen molar-refractivity contribution >= 4 is 5.91 Å². The van der Waals surface area contributed by atoms with E-state index in [4.69, 9.17) is 4.74 Å². The minimum absolute atomic E-state index is 0.126. The molecule has 1 heterocycles. The normalized spacial score (nSPS) is 28.7. The van der Waals surface area contributed by atoms with E-state index < -0.39 is 0 Å². The molecule has 2 rings (SSSR count). The van der Waals surface area contributed by atoms with Gasteiger partial charge < -0.3 is 10.1 Å². The minimum Gasteiger partial charge on any atom is -0.368 e. The van der Waals surface area contributed by atoms with Crippen LogP contribution in [0.1, 0.15) is 51.4 Å². The average molecular weight is 211 g/mol. The first-order valence-electron chi connectivity index (χ1n) is 6.28. The Bertz CT molecular complexity index is 206. The monoisotopic (exact) mass is 211 g/mol. The quantitative estimate of drug-likeness (QED) is 0.758. The van der Waals surface area contributed by atoms with Gasteiger partial charge in [-0.15, -0.1) is 0 Å². The number of hydrogen-bond donors (Lipinski definition) is 1. The summed E-state index contributed by atoms with van der Waals surface area (Å²) < 4.78 is 5.47. The Morgan fingerprint density at radius 2 is 1.73 bits per heavy atom. The summed E-state index contributed by atoms with van der Waals surface area (Å²) in [5, 5.41) is 3.12. The van der Waals surface area contributed by atoms with Crippen LogP contribution in [-0.2, 0) is 9.53 Å². The van der Waals surface area contributed by atoms with Gasteiger partial charge in [-0.05, 0) is 32.1 Å². The lowest BCUT2D eigenvalue weighted by Gasteiger charge is -2.27. The highest BCUT2D eigenvalue weighted by atomic mass is 16.5. The summed E-state index contributed by atoms with van der Waals surface area (Å²) in [6.07, 6.45) is 9.12. The third-order valence-corrected chi connectivity index (χ3v) is 3.42. The van der Waals surface area contributed by atoms with Crippen LogP contribution in [0.15, 0.2) is 0 Å². The molecule has 2 fully saturated rings. The molecule has 0 aromatic rings. The van der Waals surface area contributed by atoms with E-state index >= 15 is 0 Å². The highest BCUT2D eigenvalue weighted by Crippen LogP contribution is 2.19. The molecule has 1 aliphatic carbocycles. The topological polar surface area (TPSA) is 38.3 Å². The van der Waals surface area contributed by atoms with Crippen LogP contribution >= 0.6 is 0 Å². The molecular weight excluding hydrogens is 190 g/mol. The number of amides is 1. The standard InChI is InChI=1S/C12H21NO2/c14-12(11-8-4-5-9-15-11)13-10-6-2-1-3-7-10/h10-11H,1-9H2,(H,13,14). The third-order valence-electron chi connectivity index (χ3n) is 3.42. The Hall–Kier alpha value is -0.570. The SMILES string of the molecule is O=C(NC1CCCCC1)C1CCCCO1. The van der Waals surface area contributed by atoms with Crippen LogP contribution in [0.4, 0.5) is 0 Å². The van der Waals surface area contributed by atoms with Gasteiger partial charge >= 0.3 is 0 Å². The van der Waals surface area contributed by atoms with Gasteiger partial charge in [0.15, 0.2) is 0 Å². The summed E-state index contributed by atoms with van der Waals surface area (Å²) >= 11 is 0. The fraction of sp³-hybridized carbons (Fsp3) is 0.917. The number of nitrogens with one attached hydrogen (secondary N) is 1. The fourth-order valence-corrected chi connectivity index (χ4v) is 2.49. The number of ether oxygens (including phenoxy) is 1. The van der Waals surface area contributed by atoms with Crippen LogP contribution < -0.4 is 5.32 Å². The van der Waals surface area contributed by atoms with E-state index in [1.807, 2.05) is 0 Å². The van der Waals surface area contributed by atoms with Gasteiger partial charge in [-0.3, -0.25) is 4.79 Å². The van der Waals surface area contributed by atoms with Crippen molar-refractivity contribution in [2.75, 3.05) is 6.61 Å². The van der Waals surface area contributed by atoms with E-state index in [0.29, 0.717) is 6.04 Å². The second-order valence-electron chi connectivity index (χ2n) is 4.70. The second-order valence-corrected chi connectivity index (χ2v) is 4.70. The molecule has 2 aliphatic rings. The Morgan fingerprint density at radius 3 is 2.40 bits per heavy atom. The van der Waals surface area contributed by atoms with Crippen molar-refractivity contribution in [1.82, 2.24) is 5.32 Å². The van der Waals surface area contributed by atoms with Crippen LogP contribution in [0.3, 0.4) is 0 Å². The Labute approximate surface area is 91.6 Å². The Kier molecular flexibility index (Phi) is 4.01. The van der Waals surface area contributed by atoms with E-state index in [1.54, 1.807) is 0 Å². The molecule has 1 aliphatic heterocycles. The molecule has 15 heavy (non-hydrogen) atoms. The van der Waals surface area contributed by atoms with Crippen LogP contribution in [0, 0.1) is 0 Å². The lowest BCUT2D eigenvalue weighted by molar-refractivity contribution is -0.136. The molecule has 0 bridgehead atoms. The average Bonchev–Trinajstić information content (AvgIpc) is 2.31. The summed E-state index contributed by atoms with van der Waals surface area (Å²) in [5.74, 6) is 0.126. The largest absolute Gasteiger partial charge is 0.368 e.